The van der Waals surface area contributed by atoms with Crippen LogP contribution in [0.25, 0.3) is 0 Å². The Balaban J connectivity index is 1.97. The van der Waals surface area contributed by atoms with Crippen molar-refractivity contribution in [1.29, 1.82) is 0 Å². The first-order valence-corrected chi connectivity index (χ1v) is 7.06. The summed E-state index contributed by atoms with van der Waals surface area (Å²) in [5.41, 5.74) is 0.439. The number of amides is 1. The van der Waals surface area contributed by atoms with Gasteiger partial charge < -0.3 is 10.6 Å². The van der Waals surface area contributed by atoms with E-state index in [9.17, 15) is 13.6 Å². The Bertz CT molecular complexity index is 682. The average Bonchev–Trinajstić information content (AvgIpc) is 2.41. The summed E-state index contributed by atoms with van der Waals surface area (Å²) >= 11 is 8.67. The van der Waals surface area contributed by atoms with Crippen LogP contribution in [0.3, 0.4) is 0 Å². The van der Waals surface area contributed by atoms with Crippen molar-refractivity contribution < 1.29 is 13.6 Å². The molecule has 0 fully saturated rings. The lowest BCUT2D eigenvalue weighted by Gasteiger charge is -2.09. The molecule has 2 aromatic carbocycles. The highest BCUT2D eigenvalue weighted by Gasteiger charge is 2.09. The van der Waals surface area contributed by atoms with Gasteiger partial charge in [-0.25, -0.2) is 8.78 Å². The van der Waals surface area contributed by atoms with Gasteiger partial charge in [0, 0.05) is 16.8 Å². The SMILES string of the molecule is O=C(CNc1cc(F)c(Br)cc1F)Nc1cccc(Cl)c1. The number of benzene rings is 2. The molecule has 3 nitrogen and oxygen atoms in total. The van der Waals surface area contributed by atoms with Crippen LogP contribution in [0.4, 0.5) is 20.2 Å². The minimum Gasteiger partial charge on any atom is -0.374 e. The maximum absolute atomic E-state index is 13.6. The molecule has 0 heterocycles. The van der Waals surface area contributed by atoms with Crippen LogP contribution in [-0.2, 0) is 4.79 Å². The van der Waals surface area contributed by atoms with Gasteiger partial charge in [0.2, 0.25) is 5.91 Å². The monoisotopic (exact) mass is 374 g/mol. The Kier molecular flexibility index (Phi) is 5.14. The van der Waals surface area contributed by atoms with Gasteiger partial charge in [-0.05, 0) is 40.2 Å². The molecular weight excluding hydrogens is 366 g/mol. The van der Waals surface area contributed by atoms with E-state index in [1.54, 1.807) is 24.3 Å². The quantitative estimate of drug-likeness (QED) is 0.776. The first-order chi connectivity index (χ1) is 9.95. The summed E-state index contributed by atoms with van der Waals surface area (Å²) in [7, 11) is 0. The normalized spacial score (nSPS) is 10.3. The first kappa shape index (κ1) is 15.7. The number of anilines is 2. The van der Waals surface area contributed by atoms with Gasteiger partial charge >= 0.3 is 0 Å². The van der Waals surface area contributed by atoms with E-state index in [-0.39, 0.29) is 16.7 Å². The highest BCUT2D eigenvalue weighted by Crippen LogP contribution is 2.23. The molecule has 0 radical (unpaired) electrons. The molecule has 7 heteroatoms. The predicted octanol–water partition coefficient (Wildman–Crippen LogP) is 4.43. The number of nitrogens with one attached hydrogen (secondary N) is 2. The number of hydrogen-bond donors (Lipinski definition) is 2. The Hall–Kier alpha value is -1.66. The van der Waals surface area contributed by atoms with Gasteiger partial charge in [-0.15, -0.1) is 0 Å². The van der Waals surface area contributed by atoms with Crippen LogP contribution in [0.5, 0.6) is 0 Å². The molecule has 0 aliphatic heterocycles. The fourth-order valence-electron chi connectivity index (χ4n) is 1.60. The Labute approximate surface area is 133 Å². The average molecular weight is 376 g/mol. The van der Waals surface area contributed by atoms with Gasteiger partial charge in [0.25, 0.3) is 0 Å². The van der Waals surface area contributed by atoms with E-state index in [1.165, 1.54) is 0 Å². The zero-order valence-electron chi connectivity index (χ0n) is 10.6. The van der Waals surface area contributed by atoms with Gasteiger partial charge in [0.15, 0.2) is 0 Å². The second kappa shape index (κ2) is 6.87. The van der Waals surface area contributed by atoms with E-state index >= 15 is 0 Å². The lowest BCUT2D eigenvalue weighted by atomic mass is 10.3. The second-order valence-electron chi connectivity index (χ2n) is 4.16. The van der Waals surface area contributed by atoms with Crippen molar-refractivity contribution in [3.05, 3.63) is 57.5 Å². The van der Waals surface area contributed by atoms with Crippen molar-refractivity contribution in [2.75, 3.05) is 17.2 Å². The molecule has 0 atom stereocenters. The molecule has 0 spiro atoms. The summed E-state index contributed by atoms with van der Waals surface area (Å²) in [5.74, 6) is -1.67. The summed E-state index contributed by atoms with van der Waals surface area (Å²) in [6, 6.07) is 8.59. The molecule has 110 valence electrons. The smallest absolute Gasteiger partial charge is 0.243 e. The van der Waals surface area contributed by atoms with Crippen molar-refractivity contribution in [3.63, 3.8) is 0 Å². The zero-order chi connectivity index (χ0) is 15.4. The van der Waals surface area contributed by atoms with Crippen LogP contribution in [0.15, 0.2) is 40.9 Å². The van der Waals surface area contributed by atoms with Crippen molar-refractivity contribution in [3.8, 4) is 0 Å². The molecule has 0 aromatic heterocycles. The molecule has 0 aliphatic carbocycles. The van der Waals surface area contributed by atoms with Crippen molar-refractivity contribution in [1.82, 2.24) is 0 Å². The predicted molar refractivity (Wildman–Crippen MR) is 82.6 cm³/mol. The van der Waals surface area contributed by atoms with E-state index in [2.05, 4.69) is 26.6 Å². The number of hydrogen-bond acceptors (Lipinski definition) is 2. The minimum absolute atomic E-state index is 0.0222. The van der Waals surface area contributed by atoms with Gasteiger partial charge in [-0.2, -0.15) is 0 Å². The summed E-state index contributed by atoms with van der Waals surface area (Å²) in [6.45, 7) is -0.204. The fourth-order valence-corrected chi connectivity index (χ4v) is 2.11. The maximum atomic E-state index is 13.6. The molecule has 21 heavy (non-hydrogen) atoms. The topological polar surface area (TPSA) is 41.1 Å². The zero-order valence-corrected chi connectivity index (χ0v) is 12.9. The van der Waals surface area contributed by atoms with Crippen LogP contribution in [0.1, 0.15) is 0 Å². The highest BCUT2D eigenvalue weighted by molar-refractivity contribution is 9.10. The standard InChI is InChI=1S/C14H10BrClF2N2O/c15-10-5-12(18)13(6-11(10)17)19-7-14(21)20-9-3-1-2-8(16)4-9/h1-6,19H,7H2,(H,20,21). The molecule has 0 bridgehead atoms. The van der Waals surface area contributed by atoms with E-state index in [4.69, 9.17) is 11.6 Å². The van der Waals surface area contributed by atoms with E-state index in [1.807, 2.05) is 0 Å². The highest BCUT2D eigenvalue weighted by atomic mass is 79.9. The number of carbonyl (C=O) groups is 1. The summed E-state index contributed by atoms with van der Waals surface area (Å²) in [4.78, 5) is 11.7. The molecule has 0 unspecified atom stereocenters. The summed E-state index contributed by atoms with van der Waals surface area (Å²) in [6.07, 6.45) is 0. The van der Waals surface area contributed by atoms with Gasteiger partial charge in [0.05, 0.1) is 16.7 Å². The summed E-state index contributed by atoms with van der Waals surface area (Å²) < 4.78 is 26.9. The van der Waals surface area contributed by atoms with Crippen LogP contribution < -0.4 is 10.6 Å². The number of carbonyl (C=O) groups excluding carboxylic acids is 1. The maximum Gasteiger partial charge on any atom is 0.243 e. The molecule has 0 saturated carbocycles. The Morgan fingerprint density at radius 3 is 2.67 bits per heavy atom. The molecule has 0 saturated heterocycles. The van der Waals surface area contributed by atoms with Gasteiger partial charge in [-0.1, -0.05) is 17.7 Å². The van der Waals surface area contributed by atoms with Crippen molar-refractivity contribution >= 4 is 44.8 Å². The van der Waals surface area contributed by atoms with Crippen LogP contribution in [-0.4, -0.2) is 12.5 Å². The third-order valence-electron chi connectivity index (χ3n) is 2.56. The molecule has 2 aromatic rings. The van der Waals surface area contributed by atoms with E-state index < -0.39 is 17.5 Å². The van der Waals surface area contributed by atoms with E-state index in [0.29, 0.717) is 10.7 Å². The molecule has 2 N–H and O–H groups in total. The first-order valence-electron chi connectivity index (χ1n) is 5.89. The Morgan fingerprint density at radius 1 is 1.19 bits per heavy atom. The number of halogens is 4. The van der Waals surface area contributed by atoms with Crippen LogP contribution in [0, 0.1) is 11.6 Å². The van der Waals surface area contributed by atoms with Crippen molar-refractivity contribution in [2.45, 2.75) is 0 Å². The molecule has 2 rings (SSSR count). The number of rotatable bonds is 4. The third-order valence-corrected chi connectivity index (χ3v) is 3.40. The Morgan fingerprint density at radius 2 is 1.95 bits per heavy atom. The second-order valence-corrected chi connectivity index (χ2v) is 5.45. The van der Waals surface area contributed by atoms with E-state index in [0.717, 1.165) is 12.1 Å². The van der Waals surface area contributed by atoms with Crippen LogP contribution in [0.2, 0.25) is 5.02 Å². The molecular formula is C14H10BrClF2N2O. The van der Waals surface area contributed by atoms with Crippen LogP contribution >= 0.6 is 27.5 Å². The lowest BCUT2D eigenvalue weighted by Crippen LogP contribution is -2.22. The van der Waals surface area contributed by atoms with Gasteiger partial charge in [0.1, 0.15) is 11.6 Å². The van der Waals surface area contributed by atoms with Gasteiger partial charge in [-0.3, -0.25) is 4.79 Å². The third kappa shape index (κ3) is 4.41. The summed E-state index contributed by atoms with van der Waals surface area (Å²) in [5, 5.41) is 5.61. The fraction of sp³-hybridized carbons (Fsp3) is 0.0714. The minimum atomic E-state index is -0.654. The lowest BCUT2D eigenvalue weighted by molar-refractivity contribution is -0.114. The van der Waals surface area contributed by atoms with Crippen molar-refractivity contribution in [2.24, 2.45) is 0 Å². The molecule has 0 aliphatic rings. The largest absolute Gasteiger partial charge is 0.374 e. The molecule has 1 amide bonds.